The van der Waals surface area contributed by atoms with Crippen LogP contribution in [-0.2, 0) is 13.0 Å². The molecule has 0 fully saturated rings. The molecule has 1 atom stereocenters. The summed E-state index contributed by atoms with van der Waals surface area (Å²) in [6.45, 7) is 2.50. The lowest BCUT2D eigenvalue weighted by atomic mass is 10.1. The van der Waals surface area contributed by atoms with E-state index >= 15 is 0 Å². The Kier molecular flexibility index (Phi) is 5.01. The van der Waals surface area contributed by atoms with E-state index in [4.69, 9.17) is 0 Å². The van der Waals surface area contributed by atoms with Gasteiger partial charge in [-0.15, -0.1) is 11.3 Å². The molecule has 1 aromatic heterocycles. The van der Waals surface area contributed by atoms with E-state index in [0.717, 1.165) is 16.3 Å². The second kappa shape index (κ2) is 6.75. The number of hydrogen-bond acceptors (Lipinski definition) is 4. The Morgan fingerprint density at radius 1 is 1.42 bits per heavy atom. The molecular formula is C14H17FN2OS. The molecular weight excluding hydrogens is 263 g/mol. The average molecular weight is 280 g/mol. The molecule has 0 spiro atoms. The zero-order valence-corrected chi connectivity index (χ0v) is 11.6. The number of nitrogens with one attached hydrogen (secondary N) is 1. The van der Waals surface area contributed by atoms with Crippen LogP contribution in [-0.4, -0.2) is 16.7 Å². The van der Waals surface area contributed by atoms with Gasteiger partial charge in [0.1, 0.15) is 5.82 Å². The normalized spacial score (nSPS) is 12.6. The first-order valence-electron chi connectivity index (χ1n) is 6.26. The molecule has 19 heavy (non-hydrogen) atoms. The predicted octanol–water partition coefficient (Wildman–Crippen LogP) is 2.67. The lowest BCUT2D eigenvalue weighted by Gasteiger charge is -2.16. The third kappa shape index (κ3) is 3.59. The van der Waals surface area contributed by atoms with Gasteiger partial charge in [0.15, 0.2) is 0 Å². The third-order valence-corrected chi connectivity index (χ3v) is 4.03. The molecule has 2 rings (SSSR count). The topological polar surface area (TPSA) is 45.2 Å². The molecule has 0 radical (unpaired) electrons. The van der Waals surface area contributed by atoms with Crippen LogP contribution in [0, 0.1) is 5.82 Å². The van der Waals surface area contributed by atoms with E-state index < -0.39 is 6.04 Å². The number of benzene rings is 1. The molecule has 2 aromatic rings. The van der Waals surface area contributed by atoms with Gasteiger partial charge in [0.25, 0.3) is 0 Å². The molecule has 0 unspecified atom stereocenters. The Hall–Kier alpha value is -1.30. The number of hydrogen-bond donors (Lipinski definition) is 2. The van der Waals surface area contributed by atoms with Crippen molar-refractivity contribution in [1.82, 2.24) is 10.3 Å². The Morgan fingerprint density at radius 2 is 2.21 bits per heavy atom. The Bertz CT molecular complexity index is 530. The van der Waals surface area contributed by atoms with Crippen molar-refractivity contribution in [1.29, 1.82) is 0 Å². The Balaban J connectivity index is 2.02. The van der Waals surface area contributed by atoms with E-state index in [-0.39, 0.29) is 12.4 Å². The molecule has 0 aliphatic rings. The van der Waals surface area contributed by atoms with Crippen molar-refractivity contribution < 1.29 is 9.50 Å². The fourth-order valence-electron chi connectivity index (χ4n) is 1.85. The number of aryl methyl sites for hydroxylation is 1. The molecule has 1 heterocycles. The van der Waals surface area contributed by atoms with Gasteiger partial charge in [0.05, 0.1) is 17.7 Å². The minimum atomic E-state index is -0.395. The summed E-state index contributed by atoms with van der Waals surface area (Å²) in [5.74, 6) is -0.299. The summed E-state index contributed by atoms with van der Waals surface area (Å²) in [6, 6.07) is 6.11. The number of aromatic nitrogens is 1. The summed E-state index contributed by atoms with van der Waals surface area (Å²) in [6.07, 6.45) is 2.74. The minimum Gasteiger partial charge on any atom is -0.394 e. The van der Waals surface area contributed by atoms with Gasteiger partial charge in [-0.2, -0.15) is 0 Å². The molecule has 5 heteroatoms. The number of nitrogens with zero attached hydrogens (tertiary/aromatic N) is 1. The molecule has 0 amide bonds. The van der Waals surface area contributed by atoms with E-state index in [0.29, 0.717) is 12.1 Å². The number of rotatable bonds is 6. The average Bonchev–Trinajstić information content (AvgIpc) is 2.89. The second-order valence-electron chi connectivity index (χ2n) is 4.21. The van der Waals surface area contributed by atoms with E-state index in [2.05, 4.69) is 17.2 Å². The smallest absolute Gasteiger partial charge is 0.128 e. The van der Waals surface area contributed by atoms with Crippen molar-refractivity contribution in [3.63, 3.8) is 0 Å². The van der Waals surface area contributed by atoms with E-state index in [9.17, 15) is 9.50 Å². The first-order chi connectivity index (χ1) is 9.24. The molecule has 0 saturated carbocycles. The quantitative estimate of drug-likeness (QED) is 0.855. The maximum Gasteiger partial charge on any atom is 0.128 e. The molecule has 0 aliphatic heterocycles. The van der Waals surface area contributed by atoms with Crippen LogP contribution in [0.15, 0.2) is 30.5 Å². The van der Waals surface area contributed by atoms with Crippen molar-refractivity contribution in [3.8, 4) is 0 Å². The standard InChI is InChI=1S/C14H17FN2OS/c1-2-14-17-8-10(19-14)7-16-13(9-18)11-5-3-4-6-12(11)15/h3-6,8,13,16,18H,2,7,9H2,1H3/t13-/m0/s1. The summed E-state index contributed by atoms with van der Waals surface area (Å²) in [5.41, 5.74) is 0.491. The van der Waals surface area contributed by atoms with Crippen LogP contribution in [0.25, 0.3) is 0 Å². The van der Waals surface area contributed by atoms with Crippen LogP contribution < -0.4 is 5.32 Å². The van der Waals surface area contributed by atoms with Gasteiger partial charge in [0, 0.05) is 23.2 Å². The summed E-state index contributed by atoms with van der Waals surface area (Å²) >= 11 is 1.64. The predicted molar refractivity (Wildman–Crippen MR) is 74.6 cm³/mol. The number of aliphatic hydroxyl groups is 1. The highest BCUT2D eigenvalue weighted by Gasteiger charge is 2.14. The highest BCUT2D eigenvalue weighted by molar-refractivity contribution is 7.11. The zero-order valence-electron chi connectivity index (χ0n) is 10.8. The largest absolute Gasteiger partial charge is 0.394 e. The lowest BCUT2D eigenvalue weighted by molar-refractivity contribution is 0.241. The molecule has 2 N–H and O–H groups in total. The zero-order chi connectivity index (χ0) is 13.7. The fourth-order valence-corrected chi connectivity index (χ4v) is 2.66. The van der Waals surface area contributed by atoms with Crippen LogP contribution >= 0.6 is 11.3 Å². The van der Waals surface area contributed by atoms with Crippen LogP contribution in [0.3, 0.4) is 0 Å². The van der Waals surface area contributed by atoms with Gasteiger partial charge in [-0.3, -0.25) is 0 Å². The highest BCUT2D eigenvalue weighted by Crippen LogP contribution is 2.18. The maximum atomic E-state index is 13.7. The number of aliphatic hydroxyl groups excluding tert-OH is 1. The number of thiazole rings is 1. The molecule has 0 bridgehead atoms. The van der Waals surface area contributed by atoms with E-state index in [1.54, 1.807) is 29.5 Å². The van der Waals surface area contributed by atoms with Crippen LogP contribution in [0.4, 0.5) is 4.39 Å². The van der Waals surface area contributed by atoms with Gasteiger partial charge < -0.3 is 10.4 Å². The first-order valence-corrected chi connectivity index (χ1v) is 7.08. The molecule has 1 aromatic carbocycles. The highest BCUT2D eigenvalue weighted by atomic mass is 32.1. The van der Waals surface area contributed by atoms with Gasteiger partial charge in [-0.25, -0.2) is 9.37 Å². The Labute approximate surface area is 116 Å². The number of halogens is 1. The van der Waals surface area contributed by atoms with Crippen LogP contribution in [0.1, 0.15) is 28.4 Å². The van der Waals surface area contributed by atoms with Crippen LogP contribution in [0.2, 0.25) is 0 Å². The molecule has 0 saturated heterocycles. The summed E-state index contributed by atoms with van der Waals surface area (Å²) in [4.78, 5) is 5.36. The van der Waals surface area contributed by atoms with Gasteiger partial charge in [-0.05, 0) is 12.5 Å². The molecule has 0 aliphatic carbocycles. The van der Waals surface area contributed by atoms with Crippen molar-refractivity contribution in [2.45, 2.75) is 25.9 Å². The summed E-state index contributed by atoms with van der Waals surface area (Å²) in [5, 5.41) is 13.6. The first kappa shape index (κ1) is 14.1. The Morgan fingerprint density at radius 3 is 2.84 bits per heavy atom. The lowest BCUT2D eigenvalue weighted by Crippen LogP contribution is -2.24. The summed E-state index contributed by atoms with van der Waals surface area (Å²) in [7, 11) is 0. The minimum absolute atomic E-state index is 0.139. The van der Waals surface area contributed by atoms with Crippen molar-refractivity contribution in [3.05, 3.63) is 51.7 Å². The summed E-state index contributed by atoms with van der Waals surface area (Å²) < 4.78 is 13.7. The van der Waals surface area contributed by atoms with E-state index in [1.807, 2.05) is 6.20 Å². The van der Waals surface area contributed by atoms with Crippen molar-refractivity contribution in [2.75, 3.05) is 6.61 Å². The maximum absolute atomic E-state index is 13.7. The third-order valence-electron chi connectivity index (χ3n) is 2.89. The van der Waals surface area contributed by atoms with E-state index in [1.165, 1.54) is 6.07 Å². The van der Waals surface area contributed by atoms with Crippen molar-refractivity contribution >= 4 is 11.3 Å². The van der Waals surface area contributed by atoms with Gasteiger partial charge >= 0.3 is 0 Å². The SMILES string of the molecule is CCc1ncc(CN[C@@H](CO)c2ccccc2F)s1. The van der Waals surface area contributed by atoms with Gasteiger partial charge in [0.2, 0.25) is 0 Å². The molecule has 3 nitrogen and oxygen atoms in total. The van der Waals surface area contributed by atoms with Crippen molar-refractivity contribution in [2.24, 2.45) is 0 Å². The second-order valence-corrected chi connectivity index (χ2v) is 5.41. The molecule has 102 valence electrons. The monoisotopic (exact) mass is 280 g/mol. The van der Waals surface area contributed by atoms with Crippen LogP contribution in [0.5, 0.6) is 0 Å². The van der Waals surface area contributed by atoms with Gasteiger partial charge in [-0.1, -0.05) is 25.1 Å². The fraction of sp³-hybridized carbons (Fsp3) is 0.357.